The molecular formula is C24H26FN5O2. The number of hydrogen-bond donors (Lipinski definition) is 3. The Morgan fingerprint density at radius 2 is 2.22 bits per heavy atom. The lowest BCUT2D eigenvalue weighted by atomic mass is 9.88. The van der Waals surface area contributed by atoms with E-state index in [1.165, 1.54) is 18.3 Å². The first-order valence-electron chi connectivity index (χ1n) is 10.7. The third kappa shape index (κ3) is 4.75. The number of aliphatic hydroxyl groups excluding tert-OH is 1. The van der Waals surface area contributed by atoms with Crippen LogP contribution in [0.4, 0.5) is 4.39 Å². The van der Waals surface area contributed by atoms with Crippen LogP contribution in [0.25, 0.3) is 0 Å². The molecule has 0 radical (unpaired) electrons. The number of hydrogen-bond acceptors (Lipinski definition) is 6. The van der Waals surface area contributed by atoms with Gasteiger partial charge in [0.15, 0.2) is 0 Å². The maximum absolute atomic E-state index is 13.4. The minimum absolute atomic E-state index is 0.0338. The number of allylic oxidation sites excluding steroid dienone is 2. The second kappa shape index (κ2) is 9.40. The number of aliphatic hydroxyl groups is 1. The van der Waals surface area contributed by atoms with Gasteiger partial charge in [0.25, 0.3) is 5.91 Å². The maximum Gasteiger partial charge on any atom is 0.277 e. The highest BCUT2D eigenvalue weighted by Gasteiger charge is 2.32. The third-order valence-corrected chi connectivity index (χ3v) is 5.83. The molecule has 2 atom stereocenters. The van der Waals surface area contributed by atoms with E-state index in [4.69, 9.17) is 0 Å². The number of carbonyl (C=O) groups is 1. The average molecular weight is 436 g/mol. The van der Waals surface area contributed by atoms with Crippen LogP contribution in [0.1, 0.15) is 29.6 Å². The Hall–Kier alpha value is -3.39. The zero-order valence-corrected chi connectivity index (χ0v) is 17.7. The van der Waals surface area contributed by atoms with E-state index in [1.54, 1.807) is 6.08 Å². The second-order valence-corrected chi connectivity index (χ2v) is 8.00. The first-order valence-corrected chi connectivity index (χ1v) is 10.7. The Morgan fingerprint density at radius 1 is 1.41 bits per heavy atom. The molecule has 1 aromatic heterocycles. The lowest BCUT2D eigenvalue weighted by molar-refractivity contribution is 0.100. The zero-order chi connectivity index (χ0) is 22.7. The summed E-state index contributed by atoms with van der Waals surface area (Å²) in [6.45, 7) is 9.01. The van der Waals surface area contributed by atoms with Crippen LogP contribution in [-0.2, 0) is 0 Å². The number of amidine groups is 1. The molecule has 1 aromatic rings. The predicted molar refractivity (Wildman–Crippen MR) is 122 cm³/mol. The van der Waals surface area contributed by atoms with Gasteiger partial charge in [-0.3, -0.25) is 9.79 Å². The summed E-state index contributed by atoms with van der Waals surface area (Å²) in [7, 11) is 0. The van der Waals surface area contributed by atoms with Gasteiger partial charge in [-0.1, -0.05) is 24.8 Å². The van der Waals surface area contributed by atoms with E-state index in [-0.39, 0.29) is 11.5 Å². The van der Waals surface area contributed by atoms with Crippen molar-refractivity contribution in [3.05, 3.63) is 78.1 Å². The lowest BCUT2D eigenvalue weighted by Gasteiger charge is -2.22. The zero-order valence-electron chi connectivity index (χ0n) is 17.7. The van der Waals surface area contributed by atoms with E-state index in [1.807, 2.05) is 6.08 Å². The highest BCUT2D eigenvalue weighted by Crippen LogP contribution is 2.33. The molecule has 7 nitrogen and oxygen atoms in total. The van der Waals surface area contributed by atoms with Gasteiger partial charge in [-0.15, -0.1) is 0 Å². The minimum atomic E-state index is -0.738. The molecule has 4 rings (SSSR count). The SMILES string of the molecule is C=CC(=NC(=O)c1ccnc(F)c1)C1=C(C=C)C(C2=CC(NC(O)C3CC3)=NCC2)CN1. The highest BCUT2D eigenvalue weighted by atomic mass is 19.1. The molecule has 1 aliphatic carbocycles. The van der Waals surface area contributed by atoms with Crippen LogP contribution < -0.4 is 10.6 Å². The molecule has 1 amide bonds. The molecule has 0 bridgehead atoms. The standard InChI is InChI=1S/C24H26FN5O2/c1-3-17-18(15-7-10-27-21(12-15)30-23(31)14-5-6-14)13-28-22(17)19(4-2)29-24(32)16-8-9-26-20(25)11-16/h3-4,8-9,11-12,14,18,23,28,31H,1-2,5-7,10,13H2,(H,27,30). The monoisotopic (exact) mass is 435 g/mol. The summed E-state index contributed by atoms with van der Waals surface area (Å²) >= 11 is 0. The quantitative estimate of drug-likeness (QED) is 0.348. The number of halogens is 1. The van der Waals surface area contributed by atoms with Crippen LogP contribution in [0.3, 0.4) is 0 Å². The van der Waals surface area contributed by atoms with Crippen LogP contribution in [0, 0.1) is 17.8 Å². The Bertz CT molecular complexity index is 1070. The van der Waals surface area contributed by atoms with Gasteiger partial charge in [0.1, 0.15) is 12.1 Å². The van der Waals surface area contributed by atoms with Crippen molar-refractivity contribution in [2.75, 3.05) is 13.1 Å². The molecule has 0 spiro atoms. The number of dihydropyridines is 1. The van der Waals surface area contributed by atoms with E-state index in [0.29, 0.717) is 36.3 Å². The van der Waals surface area contributed by atoms with Gasteiger partial charge >= 0.3 is 0 Å². The van der Waals surface area contributed by atoms with Crippen molar-refractivity contribution >= 4 is 17.5 Å². The first-order chi connectivity index (χ1) is 15.5. The normalized spacial score (nSPS) is 21.9. The van der Waals surface area contributed by atoms with Gasteiger partial charge in [0.05, 0.1) is 11.4 Å². The number of carbonyl (C=O) groups excluding carboxylic acids is 1. The van der Waals surface area contributed by atoms with Crippen molar-refractivity contribution in [3.8, 4) is 0 Å². The molecule has 2 unspecified atom stereocenters. The molecule has 2 aliphatic heterocycles. The topological polar surface area (TPSA) is 99.0 Å². The first kappa shape index (κ1) is 21.8. The number of amides is 1. The summed E-state index contributed by atoms with van der Waals surface area (Å²) in [6, 6.07) is 2.47. The number of rotatable bonds is 7. The second-order valence-electron chi connectivity index (χ2n) is 8.00. The molecule has 0 saturated heterocycles. The van der Waals surface area contributed by atoms with Gasteiger partial charge in [0, 0.05) is 42.8 Å². The van der Waals surface area contributed by atoms with Gasteiger partial charge in [-0.05, 0) is 43.1 Å². The summed E-state index contributed by atoms with van der Waals surface area (Å²) in [5.41, 5.74) is 3.24. The Morgan fingerprint density at radius 3 is 2.91 bits per heavy atom. The fourth-order valence-electron chi connectivity index (χ4n) is 3.96. The minimum Gasteiger partial charge on any atom is -0.382 e. The van der Waals surface area contributed by atoms with E-state index >= 15 is 0 Å². The molecule has 32 heavy (non-hydrogen) atoms. The molecule has 3 aliphatic rings. The van der Waals surface area contributed by atoms with E-state index in [2.05, 4.69) is 38.8 Å². The van der Waals surface area contributed by atoms with Crippen molar-refractivity contribution < 1.29 is 14.3 Å². The van der Waals surface area contributed by atoms with Crippen LogP contribution in [0.2, 0.25) is 0 Å². The van der Waals surface area contributed by atoms with Gasteiger partial charge in [-0.2, -0.15) is 4.39 Å². The molecule has 3 N–H and O–H groups in total. The Kier molecular flexibility index (Phi) is 6.41. The largest absolute Gasteiger partial charge is 0.382 e. The number of aromatic nitrogens is 1. The molecule has 1 fully saturated rings. The van der Waals surface area contributed by atoms with E-state index < -0.39 is 18.1 Å². The van der Waals surface area contributed by atoms with Gasteiger partial charge in [0.2, 0.25) is 5.95 Å². The Balaban J connectivity index is 1.57. The van der Waals surface area contributed by atoms with Crippen molar-refractivity contribution in [1.29, 1.82) is 0 Å². The summed E-state index contributed by atoms with van der Waals surface area (Å²) in [5.74, 6) is -0.288. The Labute approximate surface area is 186 Å². The fraction of sp³-hybridized carbons (Fsp3) is 0.333. The summed E-state index contributed by atoms with van der Waals surface area (Å²) in [5, 5.41) is 16.6. The molecule has 8 heteroatoms. The molecule has 0 aromatic carbocycles. The number of nitrogens with one attached hydrogen (secondary N) is 2. The lowest BCUT2D eigenvalue weighted by Crippen LogP contribution is -2.36. The predicted octanol–water partition coefficient (Wildman–Crippen LogP) is 2.69. The summed E-state index contributed by atoms with van der Waals surface area (Å²) < 4.78 is 13.4. The summed E-state index contributed by atoms with van der Waals surface area (Å²) in [6.07, 6.45) is 8.76. The van der Waals surface area contributed by atoms with Crippen LogP contribution in [0.15, 0.2) is 76.5 Å². The number of pyridine rings is 1. The van der Waals surface area contributed by atoms with Crippen LogP contribution in [0.5, 0.6) is 0 Å². The van der Waals surface area contributed by atoms with Gasteiger partial charge < -0.3 is 15.7 Å². The maximum atomic E-state index is 13.4. The molecule has 1 saturated carbocycles. The van der Waals surface area contributed by atoms with Crippen molar-refractivity contribution in [3.63, 3.8) is 0 Å². The summed E-state index contributed by atoms with van der Waals surface area (Å²) in [4.78, 5) is 24.6. The van der Waals surface area contributed by atoms with Crippen molar-refractivity contribution in [1.82, 2.24) is 15.6 Å². The van der Waals surface area contributed by atoms with Crippen LogP contribution in [-0.4, -0.2) is 46.9 Å². The molecule has 3 heterocycles. The third-order valence-electron chi connectivity index (χ3n) is 5.83. The number of nitrogens with zero attached hydrogens (tertiary/aromatic N) is 3. The average Bonchev–Trinajstić information content (AvgIpc) is 3.56. The van der Waals surface area contributed by atoms with Crippen LogP contribution >= 0.6 is 0 Å². The fourth-order valence-corrected chi connectivity index (χ4v) is 3.96. The van der Waals surface area contributed by atoms with E-state index in [0.717, 1.165) is 36.5 Å². The molecular weight excluding hydrogens is 409 g/mol. The smallest absolute Gasteiger partial charge is 0.277 e. The number of aliphatic imine (C=N–C) groups is 2. The van der Waals surface area contributed by atoms with E-state index in [9.17, 15) is 14.3 Å². The van der Waals surface area contributed by atoms with Crippen molar-refractivity contribution in [2.45, 2.75) is 25.5 Å². The highest BCUT2D eigenvalue weighted by molar-refractivity contribution is 6.15. The van der Waals surface area contributed by atoms with Gasteiger partial charge in [-0.25, -0.2) is 9.98 Å². The van der Waals surface area contributed by atoms with Crippen molar-refractivity contribution in [2.24, 2.45) is 21.8 Å². The molecule has 166 valence electrons.